The van der Waals surface area contributed by atoms with Gasteiger partial charge in [0.1, 0.15) is 0 Å². The van der Waals surface area contributed by atoms with E-state index in [2.05, 4.69) is 54.6 Å². The van der Waals surface area contributed by atoms with Crippen molar-refractivity contribution in [1.82, 2.24) is 4.90 Å². The van der Waals surface area contributed by atoms with Gasteiger partial charge in [-0.25, -0.2) is 0 Å². The summed E-state index contributed by atoms with van der Waals surface area (Å²) in [4.78, 5) is 14.4. The second kappa shape index (κ2) is 10.9. The van der Waals surface area contributed by atoms with Crippen molar-refractivity contribution in [2.45, 2.75) is 38.5 Å². The second-order valence-electron chi connectivity index (χ2n) is 7.47. The summed E-state index contributed by atoms with van der Waals surface area (Å²) in [7, 11) is 0. The summed E-state index contributed by atoms with van der Waals surface area (Å²) >= 11 is 0. The van der Waals surface area contributed by atoms with Gasteiger partial charge in [-0.2, -0.15) is 0 Å². The molecule has 0 aliphatic carbocycles. The first-order valence-corrected chi connectivity index (χ1v) is 10.2. The maximum Gasteiger partial charge on any atom is 0.222 e. The number of likely N-dealkylation sites (tertiary alicyclic amines) is 1. The third-order valence-electron chi connectivity index (χ3n) is 5.39. The molecule has 1 aliphatic rings. The lowest BCUT2D eigenvalue weighted by Gasteiger charge is -2.32. The van der Waals surface area contributed by atoms with Gasteiger partial charge in [-0.1, -0.05) is 60.7 Å². The van der Waals surface area contributed by atoms with Crippen molar-refractivity contribution in [3.05, 3.63) is 71.8 Å². The van der Waals surface area contributed by atoms with E-state index in [4.69, 9.17) is 4.74 Å². The van der Waals surface area contributed by atoms with Crippen LogP contribution in [0.2, 0.25) is 0 Å². The third-order valence-corrected chi connectivity index (χ3v) is 5.39. The van der Waals surface area contributed by atoms with Crippen molar-refractivity contribution in [3.8, 4) is 0 Å². The van der Waals surface area contributed by atoms with Crippen LogP contribution >= 0.6 is 0 Å². The SMILES string of the molecule is O=C(CCCOCCc1ccccc1)N1CCC(Cc2ccccc2)CC1. The van der Waals surface area contributed by atoms with Crippen LogP contribution in [0.5, 0.6) is 0 Å². The van der Waals surface area contributed by atoms with Crippen LogP contribution in [0.4, 0.5) is 0 Å². The zero-order chi connectivity index (χ0) is 18.7. The highest BCUT2D eigenvalue weighted by atomic mass is 16.5. The highest BCUT2D eigenvalue weighted by molar-refractivity contribution is 5.76. The summed E-state index contributed by atoms with van der Waals surface area (Å²) < 4.78 is 5.69. The molecule has 1 aliphatic heterocycles. The van der Waals surface area contributed by atoms with Crippen LogP contribution in [0.25, 0.3) is 0 Å². The van der Waals surface area contributed by atoms with Gasteiger partial charge in [-0.3, -0.25) is 4.79 Å². The molecule has 0 atom stereocenters. The van der Waals surface area contributed by atoms with Gasteiger partial charge in [0.2, 0.25) is 5.91 Å². The molecule has 3 rings (SSSR count). The average Bonchev–Trinajstić information content (AvgIpc) is 2.72. The molecule has 27 heavy (non-hydrogen) atoms. The van der Waals surface area contributed by atoms with Gasteiger partial charge >= 0.3 is 0 Å². The average molecular weight is 366 g/mol. The Morgan fingerprint density at radius 3 is 2.19 bits per heavy atom. The fourth-order valence-corrected chi connectivity index (χ4v) is 3.75. The zero-order valence-electron chi connectivity index (χ0n) is 16.2. The van der Waals surface area contributed by atoms with Gasteiger partial charge in [0.25, 0.3) is 0 Å². The molecular weight excluding hydrogens is 334 g/mol. The number of hydrogen-bond acceptors (Lipinski definition) is 2. The molecule has 3 heteroatoms. The first-order valence-electron chi connectivity index (χ1n) is 10.2. The van der Waals surface area contributed by atoms with Gasteiger partial charge in [-0.05, 0) is 49.1 Å². The maximum atomic E-state index is 12.4. The number of piperidine rings is 1. The van der Waals surface area contributed by atoms with Gasteiger partial charge in [0.15, 0.2) is 0 Å². The molecular formula is C24H31NO2. The predicted octanol–water partition coefficient (Wildman–Crippen LogP) is 4.51. The van der Waals surface area contributed by atoms with E-state index in [9.17, 15) is 4.79 Å². The largest absolute Gasteiger partial charge is 0.381 e. The van der Waals surface area contributed by atoms with Crippen LogP contribution in [0.3, 0.4) is 0 Å². The fraction of sp³-hybridized carbons (Fsp3) is 0.458. The van der Waals surface area contributed by atoms with E-state index in [1.807, 2.05) is 11.0 Å². The van der Waals surface area contributed by atoms with Crippen molar-refractivity contribution in [1.29, 1.82) is 0 Å². The summed E-state index contributed by atoms with van der Waals surface area (Å²) in [6, 6.07) is 21.1. The number of carbonyl (C=O) groups is 1. The molecule has 0 aromatic heterocycles. The Morgan fingerprint density at radius 2 is 1.52 bits per heavy atom. The van der Waals surface area contributed by atoms with E-state index in [0.29, 0.717) is 24.9 Å². The van der Waals surface area contributed by atoms with Gasteiger partial charge in [0.05, 0.1) is 6.61 Å². The van der Waals surface area contributed by atoms with Crippen molar-refractivity contribution in [2.75, 3.05) is 26.3 Å². The smallest absolute Gasteiger partial charge is 0.222 e. The summed E-state index contributed by atoms with van der Waals surface area (Å²) in [5, 5.41) is 0. The van der Waals surface area contributed by atoms with Crippen molar-refractivity contribution < 1.29 is 9.53 Å². The number of nitrogens with zero attached hydrogens (tertiary/aromatic N) is 1. The molecule has 0 unspecified atom stereocenters. The molecule has 0 radical (unpaired) electrons. The second-order valence-corrected chi connectivity index (χ2v) is 7.47. The van der Waals surface area contributed by atoms with Crippen molar-refractivity contribution in [2.24, 2.45) is 5.92 Å². The number of benzene rings is 2. The molecule has 1 fully saturated rings. The molecule has 2 aromatic carbocycles. The van der Waals surface area contributed by atoms with Crippen molar-refractivity contribution >= 4 is 5.91 Å². The van der Waals surface area contributed by atoms with E-state index in [0.717, 1.165) is 51.8 Å². The Balaban J connectivity index is 1.25. The normalized spacial score (nSPS) is 15.0. The summed E-state index contributed by atoms with van der Waals surface area (Å²) in [5.74, 6) is 0.998. The van der Waals surface area contributed by atoms with E-state index in [-0.39, 0.29) is 0 Å². The van der Waals surface area contributed by atoms with E-state index in [1.54, 1.807) is 0 Å². The van der Waals surface area contributed by atoms with Crippen LogP contribution in [0.1, 0.15) is 36.8 Å². The van der Waals surface area contributed by atoms with Gasteiger partial charge in [-0.15, -0.1) is 0 Å². The minimum absolute atomic E-state index is 0.292. The maximum absolute atomic E-state index is 12.4. The molecule has 0 saturated carbocycles. The highest BCUT2D eigenvalue weighted by Crippen LogP contribution is 2.22. The Hall–Kier alpha value is -2.13. The number of hydrogen-bond donors (Lipinski definition) is 0. The van der Waals surface area contributed by atoms with Crippen molar-refractivity contribution in [3.63, 3.8) is 0 Å². The summed E-state index contributed by atoms with van der Waals surface area (Å²) in [6.07, 6.45) is 5.73. The van der Waals surface area contributed by atoms with Crippen LogP contribution < -0.4 is 0 Å². The van der Waals surface area contributed by atoms with Crippen LogP contribution in [0, 0.1) is 5.92 Å². The lowest BCUT2D eigenvalue weighted by molar-refractivity contribution is -0.132. The van der Waals surface area contributed by atoms with Gasteiger partial charge in [0, 0.05) is 26.1 Å². The molecule has 0 bridgehead atoms. The van der Waals surface area contributed by atoms with E-state index in [1.165, 1.54) is 11.1 Å². The Bertz CT molecular complexity index is 663. The lowest BCUT2D eigenvalue weighted by atomic mass is 9.90. The van der Waals surface area contributed by atoms with Gasteiger partial charge < -0.3 is 9.64 Å². The fourth-order valence-electron chi connectivity index (χ4n) is 3.75. The molecule has 144 valence electrons. The number of amides is 1. The lowest BCUT2D eigenvalue weighted by Crippen LogP contribution is -2.38. The standard InChI is InChI=1S/C24H31NO2/c26-24(12-7-18-27-19-15-21-8-3-1-4-9-21)25-16-13-23(14-17-25)20-22-10-5-2-6-11-22/h1-6,8-11,23H,7,12-20H2. The molecule has 0 spiro atoms. The van der Waals surface area contributed by atoms with E-state index < -0.39 is 0 Å². The molecule has 3 nitrogen and oxygen atoms in total. The van der Waals surface area contributed by atoms with Crippen LogP contribution in [-0.4, -0.2) is 37.1 Å². The summed E-state index contributed by atoms with van der Waals surface area (Å²) in [6.45, 7) is 3.21. The Morgan fingerprint density at radius 1 is 0.889 bits per heavy atom. The zero-order valence-corrected chi connectivity index (χ0v) is 16.2. The summed E-state index contributed by atoms with van der Waals surface area (Å²) in [5.41, 5.74) is 2.71. The first-order chi connectivity index (χ1) is 13.3. The topological polar surface area (TPSA) is 29.5 Å². The predicted molar refractivity (Wildman–Crippen MR) is 110 cm³/mol. The Labute approximate surface area is 163 Å². The number of carbonyl (C=O) groups excluding carboxylic acids is 1. The minimum atomic E-state index is 0.292. The molecule has 1 saturated heterocycles. The third kappa shape index (κ3) is 6.84. The van der Waals surface area contributed by atoms with E-state index >= 15 is 0 Å². The molecule has 2 aromatic rings. The molecule has 1 heterocycles. The number of rotatable bonds is 9. The monoisotopic (exact) mass is 365 g/mol. The minimum Gasteiger partial charge on any atom is -0.381 e. The number of ether oxygens (including phenoxy) is 1. The molecule has 0 N–H and O–H groups in total. The van der Waals surface area contributed by atoms with Crippen LogP contribution in [-0.2, 0) is 22.4 Å². The highest BCUT2D eigenvalue weighted by Gasteiger charge is 2.22. The molecule has 1 amide bonds. The Kier molecular flexibility index (Phi) is 7.91. The quantitative estimate of drug-likeness (QED) is 0.612. The first kappa shape index (κ1) is 19.6. The van der Waals surface area contributed by atoms with Crippen LogP contribution in [0.15, 0.2) is 60.7 Å².